The van der Waals surface area contributed by atoms with E-state index in [0.717, 1.165) is 19.4 Å². The van der Waals surface area contributed by atoms with E-state index in [1.165, 1.54) is 10.9 Å². The van der Waals surface area contributed by atoms with E-state index in [1.54, 1.807) is 18.3 Å². The van der Waals surface area contributed by atoms with Crippen LogP contribution in [0.1, 0.15) is 41.5 Å². The van der Waals surface area contributed by atoms with Crippen molar-refractivity contribution < 1.29 is 9.90 Å². The van der Waals surface area contributed by atoms with Crippen molar-refractivity contribution >= 4 is 11.6 Å². The van der Waals surface area contributed by atoms with E-state index in [-0.39, 0.29) is 11.6 Å². The summed E-state index contributed by atoms with van der Waals surface area (Å²) in [4.78, 5) is 15.5. The van der Waals surface area contributed by atoms with Gasteiger partial charge in [-0.15, -0.1) is 5.10 Å². The molecule has 2 aromatic rings. The Labute approximate surface area is 104 Å². The van der Waals surface area contributed by atoms with Crippen molar-refractivity contribution in [2.45, 2.75) is 25.3 Å². The quantitative estimate of drug-likeness (QED) is 0.833. The Morgan fingerprint density at radius 1 is 1.50 bits per heavy atom. The standard InChI is InChI=1S/C12H14N4O2/c17-12(18)8-4-3-7-16-11(8)14-10(15-16)9-5-1-2-6-13-9/h3-4,7,9,13H,1-2,5-6H2,(H,17,18). The van der Waals surface area contributed by atoms with Gasteiger partial charge in [-0.2, -0.15) is 0 Å². The Morgan fingerprint density at radius 2 is 2.39 bits per heavy atom. The van der Waals surface area contributed by atoms with Crippen LogP contribution in [-0.4, -0.2) is 32.2 Å². The van der Waals surface area contributed by atoms with Gasteiger partial charge in [0.25, 0.3) is 0 Å². The molecule has 0 amide bonds. The molecule has 2 N–H and O–H groups in total. The van der Waals surface area contributed by atoms with Crippen molar-refractivity contribution in [1.82, 2.24) is 19.9 Å². The summed E-state index contributed by atoms with van der Waals surface area (Å²) in [7, 11) is 0. The van der Waals surface area contributed by atoms with E-state index in [9.17, 15) is 4.79 Å². The first kappa shape index (κ1) is 11.2. The highest BCUT2D eigenvalue weighted by atomic mass is 16.4. The Morgan fingerprint density at radius 3 is 3.11 bits per heavy atom. The predicted molar refractivity (Wildman–Crippen MR) is 64.5 cm³/mol. The fourth-order valence-electron chi connectivity index (χ4n) is 2.31. The molecular weight excluding hydrogens is 232 g/mol. The van der Waals surface area contributed by atoms with E-state index in [0.29, 0.717) is 11.5 Å². The summed E-state index contributed by atoms with van der Waals surface area (Å²) in [5.74, 6) is -0.292. The molecule has 0 radical (unpaired) electrons. The number of nitrogens with zero attached hydrogens (tertiary/aromatic N) is 3. The van der Waals surface area contributed by atoms with E-state index in [2.05, 4.69) is 15.4 Å². The van der Waals surface area contributed by atoms with Gasteiger partial charge in [-0.05, 0) is 31.5 Å². The third-order valence-electron chi connectivity index (χ3n) is 3.23. The van der Waals surface area contributed by atoms with Gasteiger partial charge in [-0.3, -0.25) is 0 Å². The van der Waals surface area contributed by atoms with Gasteiger partial charge >= 0.3 is 5.97 Å². The van der Waals surface area contributed by atoms with Crippen LogP contribution in [-0.2, 0) is 0 Å². The lowest BCUT2D eigenvalue weighted by Crippen LogP contribution is -2.27. The number of hydrogen-bond donors (Lipinski definition) is 2. The first-order chi connectivity index (χ1) is 8.75. The smallest absolute Gasteiger partial charge is 0.339 e. The number of carboxylic acid groups (broad SMARTS) is 1. The number of fused-ring (bicyclic) bond motifs is 1. The minimum absolute atomic E-state index is 0.139. The molecule has 1 aliphatic heterocycles. The molecular formula is C12H14N4O2. The largest absolute Gasteiger partial charge is 0.478 e. The van der Waals surface area contributed by atoms with E-state index >= 15 is 0 Å². The molecule has 1 atom stereocenters. The molecule has 18 heavy (non-hydrogen) atoms. The molecule has 6 nitrogen and oxygen atoms in total. The molecule has 0 aromatic carbocycles. The molecule has 1 saturated heterocycles. The van der Waals surface area contributed by atoms with Crippen molar-refractivity contribution in [2.75, 3.05) is 6.54 Å². The van der Waals surface area contributed by atoms with Crippen LogP contribution in [0.3, 0.4) is 0 Å². The molecule has 0 aliphatic carbocycles. The summed E-state index contributed by atoms with van der Waals surface area (Å²) in [6.07, 6.45) is 5.05. The molecule has 0 bridgehead atoms. The number of rotatable bonds is 2. The van der Waals surface area contributed by atoms with E-state index < -0.39 is 5.97 Å². The molecule has 3 heterocycles. The third-order valence-corrected chi connectivity index (χ3v) is 3.23. The molecule has 1 aliphatic rings. The molecule has 6 heteroatoms. The van der Waals surface area contributed by atoms with Crippen LogP contribution in [0.2, 0.25) is 0 Å². The number of nitrogens with one attached hydrogen (secondary N) is 1. The van der Waals surface area contributed by atoms with Crippen LogP contribution in [0.5, 0.6) is 0 Å². The van der Waals surface area contributed by atoms with Crippen molar-refractivity contribution in [1.29, 1.82) is 0 Å². The van der Waals surface area contributed by atoms with Crippen LogP contribution >= 0.6 is 0 Å². The van der Waals surface area contributed by atoms with Gasteiger partial charge in [0.2, 0.25) is 0 Å². The van der Waals surface area contributed by atoms with Crippen LogP contribution in [0.4, 0.5) is 0 Å². The Balaban J connectivity index is 2.04. The van der Waals surface area contributed by atoms with Crippen LogP contribution in [0, 0.1) is 0 Å². The highest BCUT2D eigenvalue weighted by Crippen LogP contribution is 2.21. The van der Waals surface area contributed by atoms with Gasteiger partial charge in [0, 0.05) is 6.20 Å². The molecule has 1 fully saturated rings. The van der Waals surface area contributed by atoms with Crippen molar-refractivity contribution in [3.63, 3.8) is 0 Å². The fraction of sp³-hybridized carbons (Fsp3) is 0.417. The number of aromatic nitrogens is 3. The predicted octanol–water partition coefficient (Wildman–Crippen LogP) is 1.24. The van der Waals surface area contributed by atoms with Crippen LogP contribution in [0.15, 0.2) is 18.3 Å². The highest BCUT2D eigenvalue weighted by molar-refractivity contribution is 5.94. The molecule has 1 unspecified atom stereocenters. The number of carbonyl (C=O) groups is 1. The van der Waals surface area contributed by atoms with Crippen LogP contribution < -0.4 is 5.32 Å². The molecule has 94 valence electrons. The topological polar surface area (TPSA) is 79.5 Å². The first-order valence-electron chi connectivity index (χ1n) is 6.07. The normalized spacial score (nSPS) is 20.1. The summed E-state index contributed by atoms with van der Waals surface area (Å²) in [6, 6.07) is 3.36. The van der Waals surface area contributed by atoms with E-state index in [4.69, 9.17) is 5.11 Å². The van der Waals surface area contributed by atoms with E-state index in [1.807, 2.05) is 0 Å². The average molecular weight is 246 g/mol. The lowest BCUT2D eigenvalue weighted by molar-refractivity contribution is 0.0698. The van der Waals surface area contributed by atoms with Gasteiger partial charge in [0.05, 0.1) is 6.04 Å². The third kappa shape index (κ3) is 1.84. The summed E-state index contributed by atoms with van der Waals surface area (Å²) in [5, 5.41) is 16.8. The Hall–Kier alpha value is -1.95. The number of carboxylic acids is 1. The summed E-state index contributed by atoms with van der Waals surface area (Å²) < 4.78 is 1.54. The second-order valence-electron chi connectivity index (χ2n) is 4.47. The van der Waals surface area contributed by atoms with Gasteiger partial charge < -0.3 is 10.4 Å². The van der Waals surface area contributed by atoms with Crippen LogP contribution in [0.25, 0.3) is 5.65 Å². The number of piperidine rings is 1. The second kappa shape index (κ2) is 4.38. The molecule has 0 spiro atoms. The van der Waals surface area contributed by atoms with Crippen molar-refractivity contribution in [3.05, 3.63) is 29.7 Å². The minimum atomic E-state index is -0.976. The molecule has 2 aromatic heterocycles. The summed E-state index contributed by atoms with van der Waals surface area (Å²) in [5.41, 5.74) is 0.597. The maximum absolute atomic E-state index is 11.1. The Kier molecular flexibility index (Phi) is 2.71. The first-order valence-corrected chi connectivity index (χ1v) is 6.07. The van der Waals surface area contributed by atoms with Crippen molar-refractivity contribution in [2.24, 2.45) is 0 Å². The maximum Gasteiger partial charge on any atom is 0.339 e. The molecule has 0 saturated carbocycles. The zero-order chi connectivity index (χ0) is 12.5. The average Bonchev–Trinajstić information content (AvgIpc) is 2.83. The zero-order valence-corrected chi connectivity index (χ0v) is 9.83. The lowest BCUT2D eigenvalue weighted by atomic mass is 10.0. The Bertz CT molecular complexity index is 587. The van der Waals surface area contributed by atoms with Gasteiger partial charge in [0.15, 0.2) is 11.5 Å². The monoisotopic (exact) mass is 246 g/mol. The van der Waals surface area contributed by atoms with Crippen molar-refractivity contribution in [3.8, 4) is 0 Å². The number of aromatic carboxylic acids is 1. The number of pyridine rings is 1. The maximum atomic E-state index is 11.1. The van der Waals surface area contributed by atoms with Gasteiger partial charge in [-0.1, -0.05) is 6.42 Å². The second-order valence-corrected chi connectivity index (χ2v) is 4.47. The SMILES string of the molecule is O=C(O)c1cccn2nc(C3CCCCN3)nc12. The lowest BCUT2D eigenvalue weighted by Gasteiger charge is -2.20. The minimum Gasteiger partial charge on any atom is -0.478 e. The fourth-order valence-corrected chi connectivity index (χ4v) is 2.31. The number of hydrogen-bond acceptors (Lipinski definition) is 4. The van der Waals surface area contributed by atoms with Gasteiger partial charge in [-0.25, -0.2) is 14.3 Å². The zero-order valence-electron chi connectivity index (χ0n) is 9.83. The highest BCUT2D eigenvalue weighted by Gasteiger charge is 2.21. The summed E-state index contributed by atoms with van der Waals surface area (Å²) >= 11 is 0. The molecule has 3 rings (SSSR count). The summed E-state index contributed by atoms with van der Waals surface area (Å²) in [6.45, 7) is 0.964. The van der Waals surface area contributed by atoms with Gasteiger partial charge in [0.1, 0.15) is 5.56 Å².